The Bertz CT molecular complexity index is 642. The van der Waals surface area contributed by atoms with Gasteiger partial charge in [0, 0.05) is 17.5 Å². The summed E-state index contributed by atoms with van der Waals surface area (Å²) in [6, 6.07) is 6.94. The minimum Gasteiger partial charge on any atom is -0.339 e. The molecule has 3 rings (SSSR count). The highest BCUT2D eigenvalue weighted by molar-refractivity contribution is 6.36. The molecule has 1 aromatic heterocycles. The predicted molar refractivity (Wildman–Crippen MR) is 83.2 cm³/mol. The number of halogens is 3. The molecular formula is C14H12Cl3N3. The highest BCUT2D eigenvalue weighted by Gasteiger charge is 2.23. The summed E-state index contributed by atoms with van der Waals surface area (Å²) in [4.78, 5) is 8.73. The van der Waals surface area contributed by atoms with Crippen LogP contribution in [-0.2, 0) is 6.42 Å². The second-order valence-corrected chi connectivity index (χ2v) is 6.12. The van der Waals surface area contributed by atoms with Crippen LogP contribution in [-0.4, -0.2) is 9.97 Å². The Morgan fingerprint density at radius 2 is 1.90 bits per heavy atom. The molecular weight excluding hydrogens is 317 g/mol. The fraction of sp³-hybridized carbons (Fsp3) is 0.286. The van der Waals surface area contributed by atoms with Crippen molar-refractivity contribution in [3.63, 3.8) is 0 Å². The van der Waals surface area contributed by atoms with Gasteiger partial charge in [0.15, 0.2) is 0 Å². The van der Waals surface area contributed by atoms with E-state index in [0.717, 1.165) is 17.9 Å². The van der Waals surface area contributed by atoms with Crippen molar-refractivity contribution in [1.29, 1.82) is 0 Å². The van der Waals surface area contributed by atoms with Crippen molar-refractivity contribution in [2.24, 2.45) is 5.92 Å². The number of aromatic nitrogens is 2. The quantitative estimate of drug-likeness (QED) is 0.790. The predicted octanol–water partition coefficient (Wildman–Crippen LogP) is 5.13. The van der Waals surface area contributed by atoms with E-state index in [0.29, 0.717) is 26.9 Å². The topological polar surface area (TPSA) is 37.8 Å². The lowest BCUT2D eigenvalue weighted by molar-refractivity contribution is 0.771. The van der Waals surface area contributed by atoms with Gasteiger partial charge in [-0.05, 0) is 37.0 Å². The fourth-order valence-corrected chi connectivity index (χ4v) is 2.59. The second kappa shape index (κ2) is 5.76. The zero-order valence-corrected chi connectivity index (χ0v) is 12.8. The van der Waals surface area contributed by atoms with Gasteiger partial charge in [0.1, 0.15) is 16.8 Å². The van der Waals surface area contributed by atoms with Crippen molar-refractivity contribution in [1.82, 2.24) is 9.97 Å². The van der Waals surface area contributed by atoms with Crippen molar-refractivity contribution in [2.45, 2.75) is 19.3 Å². The molecule has 0 spiro atoms. The molecule has 1 fully saturated rings. The van der Waals surface area contributed by atoms with Crippen molar-refractivity contribution in [3.05, 3.63) is 45.3 Å². The van der Waals surface area contributed by atoms with E-state index >= 15 is 0 Å². The zero-order valence-electron chi connectivity index (χ0n) is 10.5. The summed E-state index contributed by atoms with van der Waals surface area (Å²) < 4.78 is 0. The molecule has 20 heavy (non-hydrogen) atoms. The third kappa shape index (κ3) is 3.54. The summed E-state index contributed by atoms with van der Waals surface area (Å²) in [6.45, 7) is 0. The van der Waals surface area contributed by atoms with Crippen molar-refractivity contribution in [2.75, 3.05) is 5.32 Å². The van der Waals surface area contributed by atoms with E-state index in [1.54, 1.807) is 24.3 Å². The summed E-state index contributed by atoms with van der Waals surface area (Å²) in [5.74, 6) is 2.12. The fourth-order valence-electron chi connectivity index (χ4n) is 1.93. The molecule has 1 aromatic carbocycles. The van der Waals surface area contributed by atoms with Crippen LogP contribution in [0.5, 0.6) is 0 Å². The van der Waals surface area contributed by atoms with E-state index in [9.17, 15) is 0 Å². The minimum atomic E-state index is 0.434. The number of nitrogens with one attached hydrogen (secondary N) is 1. The summed E-state index contributed by atoms with van der Waals surface area (Å²) in [6.07, 6.45) is 3.38. The van der Waals surface area contributed by atoms with Gasteiger partial charge >= 0.3 is 0 Å². The molecule has 2 aromatic rings. The number of anilines is 2. The van der Waals surface area contributed by atoms with Crippen LogP contribution in [0.1, 0.15) is 18.7 Å². The molecule has 1 heterocycles. The Kier molecular flexibility index (Phi) is 4.01. The van der Waals surface area contributed by atoms with Gasteiger partial charge in [-0.15, -0.1) is 0 Å². The number of nitrogens with zero attached hydrogens (tertiary/aromatic N) is 2. The minimum absolute atomic E-state index is 0.434. The standard InChI is InChI=1S/C14H12Cl3N3/c15-9-3-4-11(10(16)6-9)18-14-7-12(17)19-13(20-14)5-8-1-2-8/h3-4,6-8H,1-2,5H2,(H,18,19,20). The van der Waals surface area contributed by atoms with Gasteiger partial charge in [0.05, 0.1) is 10.7 Å². The van der Waals surface area contributed by atoms with Crippen LogP contribution in [0.4, 0.5) is 11.5 Å². The number of hydrogen-bond donors (Lipinski definition) is 1. The van der Waals surface area contributed by atoms with Crippen LogP contribution in [0.15, 0.2) is 24.3 Å². The first-order valence-electron chi connectivity index (χ1n) is 6.36. The molecule has 0 unspecified atom stereocenters. The first-order valence-corrected chi connectivity index (χ1v) is 7.49. The maximum Gasteiger partial charge on any atom is 0.135 e. The summed E-state index contributed by atoms with van der Waals surface area (Å²) in [7, 11) is 0. The maximum absolute atomic E-state index is 6.13. The van der Waals surface area contributed by atoms with Gasteiger partial charge < -0.3 is 5.32 Å². The molecule has 1 N–H and O–H groups in total. The molecule has 1 aliphatic rings. The zero-order chi connectivity index (χ0) is 14.1. The molecule has 1 aliphatic carbocycles. The summed E-state index contributed by atoms with van der Waals surface area (Å²) in [5.41, 5.74) is 0.739. The first-order chi connectivity index (χ1) is 9.60. The Balaban J connectivity index is 1.83. The molecule has 104 valence electrons. The second-order valence-electron chi connectivity index (χ2n) is 4.89. The Morgan fingerprint density at radius 1 is 1.10 bits per heavy atom. The van der Waals surface area contributed by atoms with Gasteiger partial charge in [-0.1, -0.05) is 34.8 Å². The van der Waals surface area contributed by atoms with Crippen LogP contribution >= 0.6 is 34.8 Å². The highest BCUT2D eigenvalue weighted by Crippen LogP contribution is 2.33. The highest BCUT2D eigenvalue weighted by atomic mass is 35.5. The van der Waals surface area contributed by atoms with E-state index in [-0.39, 0.29) is 0 Å². The van der Waals surface area contributed by atoms with Crippen LogP contribution in [0.25, 0.3) is 0 Å². The average molecular weight is 329 g/mol. The van der Waals surface area contributed by atoms with Gasteiger partial charge in [-0.2, -0.15) is 0 Å². The molecule has 1 saturated carbocycles. The normalized spacial score (nSPS) is 14.3. The van der Waals surface area contributed by atoms with Crippen LogP contribution in [0, 0.1) is 5.92 Å². The van der Waals surface area contributed by atoms with E-state index in [2.05, 4.69) is 15.3 Å². The molecule has 6 heteroatoms. The van der Waals surface area contributed by atoms with E-state index in [1.165, 1.54) is 12.8 Å². The van der Waals surface area contributed by atoms with Crippen LogP contribution < -0.4 is 5.32 Å². The van der Waals surface area contributed by atoms with E-state index in [4.69, 9.17) is 34.8 Å². The van der Waals surface area contributed by atoms with Gasteiger partial charge in [0.25, 0.3) is 0 Å². The molecule has 0 radical (unpaired) electrons. The monoisotopic (exact) mass is 327 g/mol. The average Bonchev–Trinajstić information content (AvgIpc) is 3.16. The molecule has 0 atom stereocenters. The lowest BCUT2D eigenvalue weighted by Gasteiger charge is -2.09. The van der Waals surface area contributed by atoms with E-state index < -0.39 is 0 Å². The third-order valence-electron chi connectivity index (χ3n) is 3.10. The van der Waals surface area contributed by atoms with Crippen molar-refractivity contribution in [3.8, 4) is 0 Å². The first kappa shape index (κ1) is 13.9. The summed E-state index contributed by atoms with van der Waals surface area (Å²) in [5, 5.41) is 4.71. The lowest BCUT2D eigenvalue weighted by atomic mass is 10.3. The van der Waals surface area contributed by atoms with Gasteiger partial charge in [-0.25, -0.2) is 9.97 Å². The SMILES string of the molecule is Clc1ccc(Nc2cc(Cl)nc(CC3CC3)n2)c(Cl)c1. The molecule has 0 aliphatic heterocycles. The molecule has 0 amide bonds. The van der Waals surface area contributed by atoms with Crippen LogP contribution in [0.3, 0.4) is 0 Å². The van der Waals surface area contributed by atoms with E-state index in [1.807, 2.05) is 0 Å². The Labute approximate surface area is 132 Å². The largest absolute Gasteiger partial charge is 0.339 e. The van der Waals surface area contributed by atoms with Crippen molar-refractivity contribution < 1.29 is 0 Å². The smallest absolute Gasteiger partial charge is 0.135 e. The van der Waals surface area contributed by atoms with Gasteiger partial charge in [-0.3, -0.25) is 0 Å². The number of hydrogen-bond acceptors (Lipinski definition) is 3. The molecule has 0 bridgehead atoms. The maximum atomic E-state index is 6.13. The Morgan fingerprint density at radius 3 is 2.60 bits per heavy atom. The third-order valence-corrected chi connectivity index (χ3v) is 3.84. The molecule has 0 saturated heterocycles. The Hall–Kier alpha value is -1.03. The molecule has 3 nitrogen and oxygen atoms in total. The van der Waals surface area contributed by atoms with Gasteiger partial charge in [0.2, 0.25) is 0 Å². The summed E-state index contributed by atoms with van der Waals surface area (Å²) >= 11 is 18.0. The lowest BCUT2D eigenvalue weighted by Crippen LogP contribution is -2.02. The van der Waals surface area contributed by atoms with Crippen molar-refractivity contribution >= 4 is 46.3 Å². The van der Waals surface area contributed by atoms with Crippen LogP contribution in [0.2, 0.25) is 15.2 Å². The number of rotatable bonds is 4. The number of benzene rings is 1.